The number of carbonyl (C=O) groups is 3. The minimum absolute atomic E-state index is 0.0667. The molecule has 0 unspecified atom stereocenters. The first-order valence-electron chi connectivity index (χ1n) is 18.6. The van der Waals surface area contributed by atoms with Gasteiger partial charge in [0, 0.05) is 18.7 Å². The molecule has 0 saturated carbocycles. The molecule has 4 aliphatic heterocycles. The lowest BCUT2D eigenvalue weighted by Crippen LogP contribution is -2.43. The third kappa shape index (κ3) is 8.89. The standard InChI is InChI=1S/C40H56N2O10/c1-22(2)15-26-17-34(45)51-36-35(52-39(47)40(36,7)21-44)25(6)10-11-27-12-13-30(41-27)37-42-31(33(50-37)20-49-38(26)46)18-28-29(24(5)9-8-14-43)19-48-32(28)16-23(3)4/h10,12-13,18,22-23,26,31-33,35-36,41,43-44H,8-9,11,14-17,19-21H2,1-7H3/b25-10+,28-18-,29-24+/t26-,31-,32+,33-,35-,36+,40-/m0/s1. The summed E-state index contributed by atoms with van der Waals surface area (Å²) in [5.41, 5.74) is 4.02. The number of allylic oxidation sites excluding steroid dienone is 2. The number of aromatic nitrogens is 1. The fourth-order valence-corrected chi connectivity index (χ4v) is 7.32. The Morgan fingerprint density at radius 1 is 1.08 bits per heavy atom. The highest BCUT2D eigenvalue weighted by atomic mass is 16.6. The van der Waals surface area contributed by atoms with Crippen LogP contribution in [0, 0.1) is 23.2 Å². The Kier molecular flexibility index (Phi) is 12.9. The van der Waals surface area contributed by atoms with Crippen LogP contribution in [0.4, 0.5) is 0 Å². The summed E-state index contributed by atoms with van der Waals surface area (Å²) in [6.45, 7) is 13.5. The number of aliphatic imine (C=N–C) groups is 1. The maximum Gasteiger partial charge on any atom is 0.318 e. The molecule has 7 atom stereocenters. The second-order valence-corrected chi connectivity index (χ2v) is 15.7. The van der Waals surface area contributed by atoms with Crippen LogP contribution in [0.2, 0.25) is 0 Å². The molecule has 1 aromatic heterocycles. The first-order valence-corrected chi connectivity index (χ1v) is 18.6. The molecule has 52 heavy (non-hydrogen) atoms. The molecule has 286 valence electrons. The molecule has 3 N–H and O–H groups in total. The van der Waals surface area contributed by atoms with Gasteiger partial charge in [-0.1, -0.05) is 39.3 Å². The Balaban J connectivity index is 1.53. The lowest BCUT2D eigenvalue weighted by molar-refractivity contribution is -0.164. The Morgan fingerprint density at radius 2 is 1.83 bits per heavy atom. The van der Waals surface area contributed by atoms with Crippen LogP contribution in [-0.4, -0.2) is 95.9 Å². The summed E-state index contributed by atoms with van der Waals surface area (Å²) in [6, 6.07) is 3.31. The second kappa shape index (κ2) is 16.9. The van der Waals surface area contributed by atoms with Crippen molar-refractivity contribution in [2.75, 3.05) is 26.4 Å². The van der Waals surface area contributed by atoms with E-state index in [1.807, 2.05) is 32.1 Å². The Bertz CT molecular complexity index is 1600. The summed E-state index contributed by atoms with van der Waals surface area (Å²) in [4.78, 5) is 48.6. The third-order valence-electron chi connectivity index (χ3n) is 10.4. The van der Waals surface area contributed by atoms with Gasteiger partial charge in [0.1, 0.15) is 23.8 Å². The van der Waals surface area contributed by atoms with Crippen LogP contribution in [0.3, 0.4) is 0 Å². The van der Waals surface area contributed by atoms with E-state index < -0.39 is 60.2 Å². The fraction of sp³-hybridized carbons (Fsp3) is 0.650. The van der Waals surface area contributed by atoms with Crippen LogP contribution in [0.15, 0.2) is 51.6 Å². The molecule has 0 amide bonds. The van der Waals surface area contributed by atoms with Crippen molar-refractivity contribution in [1.82, 2.24) is 4.98 Å². The molecule has 12 heteroatoms. The summed E-state index contributed by atoms with van der Waals surface area (Å²) in [7, 11) is 0. The first-order chi connectivity index (χ1) is 24.7. The molecular formula is C40H56N2O10. The van der Waals surface area contributed by atoms with E-state index in [4.69, 9.17) is 28.7 Å². The van der Waals surface area contributed by atoms with E-state index in [9.17, 15) is 24.6 Å². The van der Waals surface area contributed by atoms with Crippen LogP contribution in [-0.2, 0) is 44.5 Å². The summed E-state index contributed by atoms with van der Waals surface area (Å²) in [6.07, 6.45) is 4.02. The number of aromatic amines is 1. The molecule has 2 saturated heterocycles. The molecule has 12 nitrogen and oxygen atoms in total. The number of nitrogens with zero attached hydrogens (tertiary/aromatic N) is 1. The van der Waals surface area contributed by atoms with Crippen LogP contribution >= 0.6 is 0 Å². The number of carbonyl (C=O) groups excluding carboxylic acids is 3. The Morgan fingerprint density at radius 3 is 2.52 bits per heavy atom. The number of aliphatic hydroxyl groups is 2. The van der Waals surface area contributed by atoms with Gasteiger partial charge < -0.3 is 38.9 Å². The number of fused-ring (bicyclic) bond motifs is 6. The number of esters is 3. The van der Waals surface area contributed by atoms with Gasteiger partial charge >= 0.3 is 17.9 Å². The number of ether oxygens (including phenoxy) is 5. The largest absolute Gasteiger partial charge is 0.467 e. The van der Waals surface area contributed by atoms with E-state index in [2.05, 4.69) is 31.8 Å². The highest BCUT2D eigenvalue weighted by Crippen LogP contribution is 2.40. The normalized spacial score (nSPS) is 32.8. The van der Waals surface area contributed by atoms with Gasteiger partial charge in [0.25, 0.3) is 0 Å². The predicted molar refractivity (Wildman–Crippen MR) is 193 cm³/mol. The zero-order valence-corrected chi connectivity index (χ0v) is 31.6. The number of aliphatic hydroxyl groups excluding tert-OH is 2. The quantitative estimate of drug-likeness (QED) is 0.181. The smallest absolute Gasteiger partial charge is 0.318 e. The maximum absolute atomic E-state index is 13.7. The van der Waals surface area contributed by atoms with E-state index in [1.165, 1.54) is 6.92 Å². The molecule has 0 spiro atoms. The highest BCUT2D eigenvalue weighted by molar-refractivity contribution is 5.94. The fourth-order valence-electron chi connectivity index (χ4n) is 7.32. The van der Waals surface area contributed by atoms with Gasteiger partial charge in [-0.15, -0.1) is 0 Å². The second-order valence-electron chi connectivity index (χ2n) is 15.7. The average Bonchev–Trinajstić information content (AvgIpc) is 3.87. The average molecular weight is 725 g/mol. The number of rotatable bonds is 9. The van der Waals surface area contributed by atoms with E-state index >= 15 is 0 Å². The lowest BCUT2D eigenvalue weighted by atomic mass is 9.83. The van der Waals surface area contributed by atoms with Gasteiger partial charge in [0.05, 0.1) is 31.7 Å². The van der Waals surface area contributed by atoms with Crippen molar-refractivity contribution in [2.24, 2.45) is 28.2 Å². The molecule has 0 radical (unpaired) electrons. The van der Waals surface area contributed by atoms with Gasteiger partial charge in [-0.2, -0.15) is 0 Å². The zero-order valence-electron chi connectivity index (χ0n) is 31.6. The van der Waals surface area contributed by atoms with Crippen molar-refractivity contribution in [3.8, 4) is 0 Å². The number of H-pyrrole nitrogens is 1. The molecule has 1 aromatic rings. The van der Waals surface area contributed by atoms with Crippen molar-refractivity contribution in [1.29, 1.82) is 0 Å². The molecule has 0 aliphatic carbocycles. The van der Waals surface area contributed by atoms with Crippen molar-refractivity contribution < 1.29 is 48.3 Å². The molecule has 2 fully saturated rings. The third-order valence-corrected chi connectivity index (χ3v) is 10.4. The Hall–Kier alpha value is -3.74. The molecule has 4 aliphatic rings. The molecule has 5 rings (SSSR count). The minimum Gasteiger partial charge on any atom is -0.467 e. The van der Waals surface area contributed by atoms with Gasteiger partial charge in [-0.3, -0.25) is 14.4 Å². The van der Waals surface area contributed by atoms with Gasteiger partial charge in [0.2, 0.25) is 5.90 Å². The summed E-state index contributed by atoms with van der Waals surface area (Å²) in [5, 5.41) is 19.7. The van der Waals surface area contributed by atoms with Crippen molar-refractivity contribution in [2.45, 2.75) is 117 Å². The predicted octanol–water partition coefficient (Wildman–Crippen LogP) is 4.92. The topological polar surface area (TPSA) is 166 Å². The van der Waals surface area contributed by atoms with E-state index in [1.54, 1.807) is 6.92 Å². The Labute approximate surface area is 306 Å². The zero-order chi connectivity index (χ0) is 37.7. The minimum atomic E-state index is -1.47. The molecule has 5 heterocycles. The SMILES string of the molecule is C/C(CCCO)=C1/CO[C@H](CC(C)C)/C1=C\[C@@H]1N=C2O[C@H]1COC(=O)[C@@H](CC(C)C)CC(=O)O[C@@H]1[C@@H](OC(=O)[C@@]1(C)CO)/C(C)=C/Cc1ccc2[nH]1. The van der Waals surface area contributed by atoms with Crippen molar-refractivity contribution >= 4 is 23.8 Å². The summed E-state index contributed by atoms with van der Waals surface area (Å²) < 4.78 is 30.3. The monoisotopic (exact) mass is 724 g/mol. The molecule has 4 bridgehead atoms. The van der Waals surface area contributed by atoms with E-state index in [0.29, 0.717) is 49.0 Å². The highest BCUT2D eigenvalue weighted by Gasteiger charge is 2.57. The number of hydrogen-bond donors (Lipinski definition) is 3. The number of hydrogen-bond acceptors (Lipinski definition) is 11. The van der Waals surface area contributed by atoms with E-state index in [0.717, 1.165) is 35.3 Å². The van der Waals surface area contributed by atoms with Crippen LogP contribution in [0.1, 0.15) is 92.0 Å². The van der Waals surface area contributed by atoms with Crippen LogP contribution in [0.25, 0.3) is 0 Å². The molecular weight excluding hydrogens is 668 g/mol. The summed E-state index contributed by atoms with van der Waals surface area (Å²) in [5.74, 6) is -1.86. The molecule has 0 aromatic carbocycles. The summed E-state index contributed by atoms with van der Waals surface area (Å²) >= 11 is 0. The van der Waals surface area contributed by atoms with Crippen molar-refractivity contribution in [3.63, 3.8) is 0 Å². The number of nitrogens with one attached hydrogen (secondary N) is 1. The van der Waals surface area contributed by atoms with Crippen molar-refractivity contribution in [3.05, 3.63) is 58.0 Å². The van der Waals surface area contributed by atoms with Crippen LogP contribution in [0.5, 0.6) is 0 Å². The van der Waals surface area contributed by atoms with Gasteiger partial charge in [-0.05, 0) is 93.2 Å². The first kappa shape index (κ1) is 39.5. The van der Waals surface area contributed by atoms with Crippen LogP contribution < -0.4 is 0 Å². The van der Waals surface area contributed by atoms with Gasteiger partial charge in [0.15, 0.2) is 18.3 Å². The van der Waals surface area contributed by atoms with Gasteiger partial charge in [-0.25, -0.2) is 4.99 Å². The lowest BCUT2D eigenvalue weighted by Gasteiger charge is -2.28. The number of cyclic esters (lactones) is 1. The maximum atomic E-state index is 13.7. The van der Waals surface area contributed by atoms with E-state index in [-0.39, 0.29) is 31.7 Å².